The van der Waals surface area contributed by atoms with Crippen molar-refractivity contribution in [3.8, 4) is 0 Å². The van der Waals surface area contributed by atoms with E-state index in [1.54, 1.807) is 24.3 Å². The van der Waals surface area contributed by atoms with Gasteiger partial charge in [0.05, 0.1) is 7.11 Å². The lowest BCUT2D eigenvalue weighted by atomic mass is 10.0. The molecule has 0 fully saturated rings. The van der Waals surface area contributed by atoms with E-state index in [2.05, 4.69) is 0 Å². The number of para-hydroxylation sites is 2. The second-order valence-corrected chi connectivity index (χ2v) is 7.24. The molecule has 0 unspecified atom stereocenters. The summed E-state index contributed by atoms with van der Waals surface area (Å²) in [6.45, 7) is -0.0594. The van der Waals surface area contributed by atoms with Crippen molar-refractivity contribution in [1.29, 1.82) is 0 Å². The van der Waals surface area contributed by atoms with Crippen LogP contribution in [0.4, 0.5) is 10.5 Å². The first kappa shape index (κ1) is 21.2. The van der Waals surface area contributed by atoms with Gasteiger partial charge in [0.15, 0.2) is 6.61 Å². The van der Waals surface area contributed by atoms with Crippen LogP contribution in [0.2, 0.25) is 0 Å². The molecule has 0 spiro atoms. The van der Waals surface area contributed by atoms with E-state index in [9.17, 15) is 9.59 Å². The number of rotatable bonds is 7. The number of hydrogen-bond donors (Lipinski definition) is 0. The Morgan fingerprint density at radius 3 is 2.25 bits per heavy atom. The molecule has 32 heavy (non-hydrogen) atoms. The Balaban J connectivity index is 1.60. The highest BCUT2D eigenvalue weighted by molar-refractivity contribution is 5.96. The molecule has 0 aliphatic carbocycles. The number of benzene rings is 3. The van der Waals surface area contributed by atoms with E-state index in [1.165, 1.54) is 12.0 Å². The van der Waals surface area contributed by atoms with Crippen molar-refractivity contribution < 1.29 is 23.5 Å². The molecule has 0 radical (unpaired) electrons. The molecule has 0 aliphatic heterocycles. The normalized spacial score (nSPS) is 11.7. The number of ether oxygens (including phenoxy) is 2. The number of esters is 1. The van der Waals surface area contributed by atoms with Crippen LogP contribution in [-0.2, 0) is 27.3 Å². The summed E-state index contributed by atoms with van der Waals surface area (Å²) in [5.74, 6) is -0.0105. The second-order valence-electron chi connectivity index (χ2n) is 7.24. The number of anilines is 1. The molecule has 1 atom stereocenters. The Morgan fingerprint density at radius 1 is 0.906 bits per heavy atom. The lowest BCUT2D eigenvalue weighted by Gasteiger charge is -2.29. The average Bonchev–Trinajstić information content (AvgIpc) is 3.26. The zero-order valence-electron chi connectivity index (χ0n) is 17.6. The van der Waals surface area contributed by atoms with Gasteiger partial charge in [0.2, 0.25) is 0 Å². The SMILES string of the molecule is COC(=O)[C@@H](Cc1ccccc1)N(C(=O)OCc1cc2ccccc2o1)c1ccccc1. The lowest BCUT2D eigenvalue weighted by Crippen LogP contribution is -2.47. The first-order chi connectivity index (χ1) is 15.7. The molecule has 0 saturated heterocycles. The predicted molar refractivity (Wildman–Crippen MR) is 121 cm³/mol. The number of nitrogens with zero attached hydrogens (tertiary/aromatic N) is 1. The molecule has 0 aliphatic rings. The maximum atomic E-state index is 13.2. The van der Waals surface area contributed by atoms with Crippen molar-refractivity contribution in [2.45, 2.75) is 19.1 Å². The summed E-state index contributed by atoms with van der Waals surface area (Å²) >= 11 is 0. The van der Waals surface area contributed by atoms with Crippen molar-refractivity contribution in [3.63, 3.8) is 0 Å². The third-order valence-corrected chi connectivity index (χ3v) is 5.10. The molecule has 6 nitrogen and oxygen atoms in total. The number of amides is 1. The smallest absolute Gasteiger partial charge is 0.415 e. The van der Waals surface area contributed by atoms with E-state index in [-0.39, 0.29) is 13.0 Å². The predicted octanol–water partition coefficient (Wildman–Crippen LogP) is 5.36. The molecule has 4 aromatic rings. The molecule has 0 saturated carbocycles. The molecule has 1 amide bonds. The first-order valence-corrected chi connectivity index (χ1v) is 10.3. The number of furan rings is 1. The fourth-order valence-electron chi connectivity index (χ4n) is 3.57. The van der Waals surface area contributed by atoms with Crippen molar-refractivity contribution >= 4 is 28.7 Å². The van der Waals surface area contributed by atoms with Crippen LogP contribution in [0.25, 0.3) is 11.0 Å². The molecule has 0 N–H and O–H groups in total. The fourth-order valence-corrected chi connectivity index (χ4v) is 3.57. The van der Waals surface area contributed by atoms with E-state index >= 15 is 0 Å². The number of methoxy groups -OCH3 is 1. The molecular weight excluding hydrogens is 406 g/mol. The molecule has 3 aromatic carbocycles. The summed E-state index contributed by atoms with van der Waals surface area (Å²) < 4.78 is 16.3. The quantitative estimate of drug-likeness (QED) is 0.370. The average molecular weight is 429 g/mol. The minimum Gasteiger partial charge on any atom is -0.467 e. The van der Waals surface area contributed by atoms with Crippen LogP contribution < -0.4 is 4.90 Å². The zero-order chi connectivity index (χ0) is 22.3. The monoisotopic (exact) mass is 429 g/mol. The van der Waals surface area contributed by atoms with Gasteiger partial charge in [-0.1, -0.05) is 66.7 Å². The van der Waals surface area contributed by atoms with E-state index in [0.29, 0.717) is 11.4 Å². The van der Waals surface area contributed by atoms with Gasteiger partial charge in [-0.15, -0.1) is 0 Å². The zero-order valence-corrected chi connectivity index (χ0v) is 17.6. The van der Waals surface area contributed by atoms with Crippen LogP contribution in [0, 0.1) is 0 Å². The van der Waals surface area contributed by atoms with Gasteiger partial charge in [-0.05, 0) is 29.8 Å². The van der Waals surface area contributed by atoms with Gasteiger partial charge in [0, 0.05) is 17.5 Å². The molecule has 1 aromatic heterocycles. The standard InChI is InChI=1S/C26H23NO5/c1-30-25(28)23(16-19-10-4-2-5-11-19)27(21-13-6-3-7-14-21)26(29)31-18-22-17-20-12-8-9-15-24(20)32-22/h2-15,17,23H,16,18H2,1H3/t23-/m1/s1. The topological polar surface area (TPSA) is 69.0 Å². The highest BCUT2D eigenvalue weighted by atomic mass is 16.6. The molecule has 4 rings (SSSR count). The van der Waals surface area contributed by atoms with E-state index in [4.69, 9.17) is 13.9 Å². The lowest BCUT2D eigenvalue weighted by molar-refractivity contribution is -0.142. The Bertz CT molecular complexity index is 1150. The van der Waals surface area contributed by atoms with Crippen molar-refractivity contribution in [1.82, 2.24) is 0 Å². The number of carbonyl (C=O) groups is 2. The third kappa shape index (κ3) is 4.81. The van der Waals surface area contributed by atoms with Gasteiger partial charge >= 0.3 is 12.1 Å². The maximum absolute atomic E-state index is 13.2. The molecule has 162 valence electrons. The summed E-state index contributed by atoms with van der Waals surface area (Å²) in [7, 11) is 1.31. The maximum Gasteiger partial charge on any atom is 0.415 e. The number of hydrogen-bond acceptors (Lipinski definition) is 5. The molecular formula is C26H23NO5. The molecule has 0 bridgehead atoms. The minimum absolute atomic E-state index is 0.0594. The Labute approximate surface area is 186 Å². The van der Waals surface area contributed by atoms with Crippen LogP contribution in [0.5, 0.6) is 0 Å². The Morgan fingerprint density at radius 2 is 1.56 bits per heavy atom. The number of fused-ring (bicyclic) bond motifs is 1. The van der Waals surface area contributed by atoms with Gasteiger partial charge in [-0.2, -0.15) is 0 Å². The van der Waals surface area contributed by atoms with Crippen LogP contribution >= 0.6 is 0 Å². The second kappa shape index (κ2) is 9.83. The van der Waals surface area contributed by atoms with Gasteiger partial charge < -0.3 is 13.9 Å². The minimum atomic E-state index is -0.895. The highest BCUT2D eigenvalue weighted by Gasteiger charge is 2.33. The van der Waals surface area contributed by atoms with E-state index < -0.39 is 18.1 Å². The van der Waals surface area contributed by atoms with Crippen LogP contribution in [0.1, 0.15) is 11.3 Å². The van der Waals surface area contributed by atoms with Gasteiger partial charge in [-0.3, -0.25) is 4.90 Å². The summed E-state index contributed by atoms with van der Waals surface area (Å²) in [6.07, 6.45) is -0.384. The summed E-state index contributed by atoms with van der Waals surface area (Å²) in [4.78, 5) is 27.3. The Hall–Kier alpha value is -4.06. The van der Waals surface area contributed by atoms with E-state index in [1.807, 2.05) is 66.7 Å². The highest BCUT2D eigenvalue weighted by Crippen LogP contribution is 2.23. The third-order valence-electron chi connectivity index (χ3n) is 5.10. The molecule has 6 heteroatoms. The summed E-state index contributed by atoms with van der Waals surface area (Å²) in [6, 6.07) is 26.9. The number of carbonyl (C=O) groups excluding carboxylic acids is 2. The van der Waals surface area contributed by atoms with Crippen molar-refractivity contribution in [3.05, 3.63) is 102 Å². The van der Waals surface area contributed by atoms with Crippen molar-refractivity contribution in [2.75, 3.05) is 12.0 Å². The Kier molecular flexibility index (Phi) is 6.51. The summed E-state index contributed by atoms with van der Waals surface area (Å²) in [5, 5.41) is 0.926. The first-order valence-electron chi connectivity index (χ1n) is 10.3. The molecule has 1 heterocycles. The summed E-state index contributed by atoms with van der Waals surface area (Å²) in [5.41, 5.74) is 2.15. The fraction of sp³-hybridized carbons (Fsp3) is 0.154. The van der Waals surface area contributed by atoms with Crippen LogP contribution in [0.3, 0.4) is 0 Å². The van der Waals surface area contributed by atoms with Crippen LogP contribution in [-0.4, -0.2) is 25.2 Å². The largest absolute Gasteiger partial charge is 0.467 e. The van der Waals surface area contributed by atoms with Crippen LogP contribution in [0.15, 0.2) is 95.4 Å². The van der Waals surface area contributed by atoms with Gasteiger partial charge in [-0.25, -0.2) is 9.59 Å². The van der Waals surface area contributed by atoms with E-state index in [0.717, 1.165) is 16.5 Å². The van der Waals surface area contributed by atoms with Crippen molar-refractivity contribution in [2.24, 2.45) is 0 Å². The van der Waals surface area contributed by atoms with Gasteiger partial charge in [0.1, 0.15) is 17.4 Å². The van der Waals surface area contributed by atoms with Gasteiger partial charge in [0.25, 0.3) is 0 Å².